The van der Waals surface area contributed by atoms with E-state index in [4.69, 9.17) is 0 Å². The summed E-state index contributed by atoms with van der Waals surface area (Å²) in [6.07, 6.45) is 1.30. The summed E-state index contributed by atoms with van der Waals surface area (Å²) < 4.78 is 0. The van der Waals surface area contributed by atoms with Crippen LogP contribution in [0.2, 0.25) is 0 Å². The molecule has 0 unspecified atom stereocenters. The number of rotatable bonds is 3. The van der Waals surface area contributed by atoms with Crippen LogP contribution in [0, 0.1) is 13.8 Å². The molecular formula is C15H22N4O2. The van der Waals surface area contributed by atoms with E-state index < -0.39 is 0 Å². The van der Waals surface area contributed by atoms with Gasteiger partial charge in [0.2, 0.25) is 5.91 Å². The lowest BCUT2D eigenvalue weighted by Crippen LogP contribution is -2.40. The van der Waals surface area contributed by atoms with Crippen molar-refractivity contribution in [1.82, 2.24) is 15.2 Å². The molecule has 21 heavy (non-hydrogen) atoms. The van der Waals surface area contributed by atoms with Crippen LogP contribution in [0.3, 0.4) is 0 Å². The molecule has 2 N–H and O–H groups in total. The zero-order valence-electron chi connectivity index (χ0n) is 12.8. The van der Waals surface area contributed by atoms with Gasteiger partial charge in [0.1, 0.15) is 5.82 Å². The van der Waals surface area contributed by atoms with Gasteiger partial charge in [0.15, 0.2) is 0 Å². The van der Waals surface area contributed by atoms with Crippen molar-refractivity contribution < 1.29 is 9.59 Å². The highest BCUT2D eigenvalue weighted by molar-refractivity contribution is 5.88. The summed E-state index contributed by atoms with van der Waals surface area (Å²) in [5.41, 5.74) is 1.92. The predicted octanol–water partition coefficient (Wildman–Crippen LogP) is 1.83. The molecule has 0 spiro atoms. The normalized spacial score (nSPS) is 17.7. The minimum atomic E-state index is -0.275. The van der Waals surface area contributed by atoms with E-state index in [2.05, 4.69) is 15.6 Å². The second kappa shape index (κ2) is 6.56. The first-order valence-electron chi connectivity index (χ1n) is 7.28. The number of likely N-dealkylation sites (tertiary alicyclic amines) is 1. The molecule has 0 aliphatic carbocycles. The topological polar surface area (TPSA) is 74.3 Å². The number of nitrogens with zero attached hydrogens (tertiary/aromatic N) is 2. The Morgan fingerprint density at radius 3 is 2.81 bits per heavy atom. The third-order valence-corrected chi connectivity index (χ3v) is 3.52. The molecule has 1 aliphatic rings. The Hall–Kier alpha value is -2.11. The number of amides is 3. The van der Waals surface area contributed by atoms with Crippen LogP contribution in [0.25, 0.3) is 0 Å². The zero-order chi connectivity index (χ0) is 15.4. The molecule has 6 nitrogen and oxygen atoms in total. The molecule has 0 saturated carbocycles. The van der Waals surface area contributed by atoms with Gasteiger partial charge in [0.05, 0.1) is 0 Å². The van der Waals surface area contributed by atoms with E-state index >= 15 is 0 Å². The molecule has 6 heteroatoms. The number of pyridine rings is 1. The minimum absolute atomic E-state index is 0.00593. The van der Waals surface area contributed by atoms with Crippen LogP contribution in [0.1, 0.15) is 31.0 Å². The third-order valence-electron chi connectivity index (χ3n) is 3.52. The number of nitrogens with one attached hydrogen (secondary N) is 2. The fraction of sp³-hybridized carbons (Fsp3) is 0.533. The number of urea groups is 1. The van der Waals surface area contributed by atoms with Crippen molar-refractivity contribution in [2.45, 2.75) is 39.7 Å². The van der Waals surface area contributed by atoms with Crippen LogP contribution in [-0.2, 0) is 4.79 Å². The second-order valence-electron chi connectivity index (χ2n) is 5.45. The highest BCUT2D eigenvalue weighted by atomic mass is 16.2. The summed E-state index contributed by atoms with van der Waals surface area (Å²) in [5.74, 6) is 0.681. The SMILES string of the molecule is CCC(=O)N1CC[C@H](NC(=O)Nc2cc(C)cc(C)n2)C1. The largest absolute Gasteiger partial charge is 0.341 e. The third kappa shape index (κ3) is 4.18. The van der Waals surface area contributed by atoms with Gasteiger partial charge in [-0.05, 0) is 38.0 Å². The fourth-order valence-corrected chi connectivity index (χ4v) is 2.57. The Morgan fingerprint density at radius 1 is 1.38 bits per heavy atom. The lowest BCUT2D eigenvalue weighted by molar-refractivity contribution is -0.129. The predicted molar refractivity (Wildman–Crippen MR) is 81.1 cm³/mol. The number of carbonyl (C=O) groups excluding carboxylic acids is 2. The Morgan fingerprint density at radius 2 is 2.14 bits per heavy atom. The van der Waals surface area contributed by atoms with E-state index in [0.717, 1.165) is 17.7 Å². The molecule has 2 rings (SSSR count). The summed E-state index contributed by atoms with van der Waals surface area (Å²) in [6.45, 7) is 6.99. The number of aromatic nitrogens is 1. The van der Waals surface area contributed by atoms with Crippen LogP contribution in [-0.4, -0.2) is 41.0 Å². The van der Waals surface area contributed by atoms with Crippen molar-refractivity contribution in [2.75, 3.05) is 18.4 Å². The van der Waals surface area contributed by atoms with Gasteiger partial charge >= 0.3 is 6.03 Å². The van der Waals surface area contributed by atoms with Crippen LogP contribution >= 0.6 is 0 Å². The molecule has 0 radical (unpaired) electrons. The van der Waals surface area contributed by atoms with E-state index in [1.54, 1.807) is 4.90 Å². The van der Waals surface area contributed by atoms with Crippen LogP contribution < -0.4 is 10.6 Å². The van der Waals surface area contributed by atoms with Gasteiger partial charge in [-0.1, -0.05) is 6.92 Å². The number of carbonyl (C=O) groups is 2. The molecule has 0 bridgehead atoms. The van der Waals surface area contributed by atoms with Crippen molar-refractivity contribution >= 4 is 17.8 Å². The van der Waals surface area contributed by atoms with E-state index in [0.29, 0.717) is 25.3 Å². The standard InChI is InChI=1S/C15H22N4O2/c1-4-14(20)19-6-5-12(9-19)17-15(21)18-13-8-10(2)7-11(3)16-13/h7-8,12H,4-6,9H2,1-3H3,(H2,16,17,18,21)/t12-/m0/s1. The smallest absolute Gasteiger partial charge is 0.320 e. The van der Waals surface area contributed by atoms with Crippen LogP contribution in [0.4, 0.5) is 10.6 Å². The lowest BCUT2D eigenvalue weighted by atomic mass is 10.2. The van der Waals surface area contributed by atoms with Gasteiger partial charge in [-0.15, -0.1) is 0 Å². The summed E-state index contributed by atoms with van der Waals surface area (Å²) in [7, 11) is 0. The van der Waals surface area contributed by atoms with Crippen molar-refractivity contribution in [1.29, 1.82) is 0 Å². The molecule has 2 heterocycles. The Bertz CT molecular complexity index is 524. The van der Waals surface area contributed by atoms with E-state index in [-0.39, 0.29) is 18.0 Å². The first kappa shape index (κ1) is 15.3. The molecule has 114 valence electrons. The first-order valence-corrected chi connectivity index (χ1v) is 7.28. The molecule has 0 aromatic carbocycles. The van der Waals surface area contributed by atoms with Gasteiger partial charge in [0.25, 0.3) is 0 Å². The second-order valence-corrected chi connectivity index (χ2v) is 5.45. The maximum absolute atomic E-state index is 12.0. The molecule has 1 atom stereocenters. The van der Waals surface area contributed by atoms with Crippen LogP contribution in [0.15, 0.2) is 12.1 Å². The van der Waals surface area contributed by atoms with E-state index in [9.17, 15) is 9.59 Å². The quantitative estimate of drug-likeness (QED) is 0.892. The zero-order valence-corrected chi connectivity index (χ0v) is 12.8. The maximum Gasteiger partial charge on any atom is 0.320 e. The highest BCUT2D eigenvalue weighted by Gasteiger charge is 2.26. The number of hydrogen-bond acceptors (Lipinski definition) is 3. The lowest BCUT2D eigenvalue weighted by Gasteiger charge is -2.16. The van der Waals surface area contributed by atoms with Gasteiger partial charge in [-0.3, -0.25) is 10.1 Å². The van der Waals surface area contributed by atoms with E-state index in [1.807, 2.05) is 32.9 Å². The number of aryl methyl sites for hydroxylation is 2. The van der Waals surface area contributed by atoms with Gasteiger partial charge in [0, 0.05) is 31.2 Å². The maximum atomic E-state index is 12.0. The summed E-state index contributed by atoms with van der Waals surface area (Å²) in [6, 6.07) is 3.51. The molecule has 1 aliphatic heterocycles. The summed E-state index contributed by atoms with van der Waals surface area (Å²) in [4.78, 5) is 29.6. The Balaban J connectivity index is 1.86. The van der Waals surface area contributed by atoms with Crippen LogP contribution in [0.5, 0.6) is 0 Å². The fourth-order valence-electron chi connectivity index (χ4n) is 2.57. The Kier molecular flexibility index (Phi) is 4.77. The molecule has 1 saturated heterocycles. The molecular weight excluding hydrogens is 268 g/mol. The minimum Gasteiger partial charge on any atom is -0.341 e. The number of hydrogen-bond donors (Lipinski definition) is 2. The number of anilines is 1. The van der Waals surface area contributed by atoms with Gasteiger partial charge < -0.3 is 10.2 Å². The summed E-state index contributed by atoms with van der Waals surface area (Å²) in [5, 5.41) is 5.64. The van der Waals surface area contributed by atoms with Crippen molar-refractivity contribution in [3.63, 3.8) is 0 Å². The average Bonchev–Trinajstić information content (AvgIpc) is 2.84. The molecule has 3 amide bonds. The van der Waals surface area contributed by atoms with Gasteiger partial charge in [-0.2, -0.15) is 0 Å². The van der Waals surface area contributed by atoms with Crippen molar-refractivity contribution in [3.05, 3.63) is 23.4 Å². The van der Waals surface area contributed by atoms with Crippen molar-refractivity contribution in [2.24, 2.45) is 0 Å². The van der Waals surface area contributed by atoms with Crippen molar-refractivity contribution in [3.8, 4) is 0 Å². The highest BCUT2D eigenvalue weighted by Crippen LogP contribution is 2.12. The average molecular weight is 290 g/mol. The Labute approximate surface area is 124 Å². The molecule has 1 fully saturated rings. The summed E-state index contributed by atoms with van der Waals surface area (Å²) >= 11 is 0. The van der Waals surface area contributed by atoms with E-state index in [1.165, 1.54) is 0 Å². The first-order chi connectivity index (χ1) is 9.97. The monoisotopic (exact) mass is 290 g/mol. The van der Waals surface area contributed by atoms with Gasteiger partial charge in [-0.25, -0.2) is 9.78 Å². The molecule has 1 aromatic heterocycles. The molecule has 1 aromatic rings.